The van der Waals surface area contributed by atoms with Crippen LogP contribution in [0.4, 0.5) is 4.39 Å². The van der Waals surface area contributed by atoms with Gasteiger partial charge in [-0.3, -0.25) is 4.79 Å². The first kappa shape index (κ1) is 33.6. The van der Waals surface area contributed by atoms with Crippen LogP contribution in [0.3, 0.4) is 0 Å². The third-order valence-electron chi connectivity index (χ3n) is 5.73. The minimum Gasteiger partial charge on any atom is -0.453 e. The van der Waals surface area contributed by atoms with E-state index in [-0.39, 0.29) is 22.9 Å². The summed E-state index contributed by atoms with van der Waals surface area (Å²) < 4.78 is 19.1. The fraction of sp³-hybridized carbons (Fsp3) is 0.545. The molecule has 0 saturated heterocycles. The molecule has 3 heteroatoms. The summed E-state index contributed by atoms with van der Waals surface area (Å²) in [6, 6.07) is 8.05. The number of carbonyl (C=O) groups is 1. The molecule has 2 aromatic rings. The fourth-order valence-electron chi connectivity index (χ4n) is 3.55. The van der Waals surface area contributed by atoms with Crippen LogP contribution in [0.25, 0.3) is 11.1 Å². The number of ketones is 1. The van der Waals surface area contributed by atoms with E-state index in [4.69, 9.17) is 4.42 Å². The summed E-state index contributed by atoms with van der Waals surface area (Å²) in [4.78, 5) is 12.3. The Morgan fingerprint density at radius 3 is 1.92 bits per heavy atom. The Hall–Kier alpha value is -2.42. The van der Waals surface area contributed by atoms with E-state index in [0.717, 1.165) is 22.3 Å². The Balaban J connectivity index is 0.00000104. The van der Waals surface area contributed by atoms with Crippen LogP contribution in [0.2, 0.25) is 0 Å². The standard InChI is InChI=1S/C23H27FO2.C8H18.C2H6/c1-14(2)21(25)20-13-16(4)22(26-20)19(23(5,6)7)12-15(3)17-8-10-18(24)11-9-17;1-3-5-7-8-6-4-2;1-2/h8-14H,3H2,1-2,4-7H3;3-8H2,1-2H3;1-2H3/b19-12+;;. The Bertz CT molecular complexity index is 931. The first-order valence-corrected chi connectivity index (χ1v) is 13.7. The van der Waals surface area contributed by atoms with E-state index in [1.807, 2.05) is 40.7 Å². The first-order chi connectivity index (χ1) is 16.9. The Labute approximate surface area is 221 Å². The average Bonchev–Trinajstić information content (AvgIpc) is 3.21. The number of halogens is 1. The molecule has 0 bridgehead atoms. The van der Waals surface area contributed by atoms with Gasteiger partial charge in [0.2, 0.25) is 5.78 Å². The monoisotopic (exact) mass is 498 g/mol. The van der Waals surface area contributed by atoms with E-state index in [9.17, 15) is 9.18 Å². The Morgan fingerprint density at radius 1 is 1.00 bits per heavy atom. The number of aryl methyl sites for hydroxylation is 1. The molecular formula is C33H51FO2. The van der Waals surface area contributed by atoms with Crippen LogP contribution >= 0.6 is 0 Å². The highest BCUT2D eigenvalue weighted by atomic mass is 19.1. The lowest BCUT2D eigenvalue weighted by Crippen LogP contribution is -2.09. The molecule has 0 amide bonds. The van der Waals surface area contributed by atoms with Gasteiger partial charge < -0.3 is 4.42 Å². The van der Waals surface area contributed by atoms with E-state index < -0.39 is 0 Å². The summed E-state index contributed by atoms with van der Waals surface area (Å²) in [6.07, 6.45) is 10.4. The van der Waals surface area contributed by atoms with Gasteiger partial charge in [0, 0.05) is 11.5 Å². The van der Waals surface area contributed by atoms with Crippen molar-refractivity contribution in [2.24, 2.45) is 11.3 Å². The van der Waals surface area contributed by atoms with E-state index in [0.29, 0.717) is 11.5 Å². The molecule has 202 valence electrons. The predicted molar refractivity (Wildman–Crippen MR) is 156 cm³/mol. The van der Waals surface area contributed by atoms with Gasteiger partial charge in [-0.15, -0.1) is 0 Å². The number of benzene rings is 1. The molecule has 1 aromatic carbocycles. The highest BCUT2D eigenvalue weighted by Crippen LogP contribution is 2.39. The maximum Gasteiger partial charge on any atom is 0.200 e. The number of hydrogen-bond acceptors (Lipinski definition) is 2. The summed E-state index contributed by atoms with van der Waals surface area (Å²) in [5, 5.41) is 0. The molecule has 0 aliphatic carbocycles. The van der Waals surface area contributed by atoms with Gasteiger partial charge in [-0.2, -0.15) is 0 Å². The van der Waals surface area contributed by atoms with E-state index >= 15 is 0 Å². The lowest BCUT2D eigenvalue weighted by Gasteiger charge is -2.23. The van der Waals surface area contributed by atoms with Crippen molar-refractivity contribution < 1.29 is 13.6 Å². The molecule has 0 unspecified atom stereocenters. The second kappa shape index (κ2) is 17.1. The van der Waals surface area contributed by atoms with Crippen LogP contribution in [0, 0.1) is 24.1 Å². The molecule has 36 heavy (non-hydrogen) atoms. The molecule has 2 nitrogen and oxygen atoms in total. The SMILES string of the molecule is C=C(/C=C(\c1oc(C(=O)C(C)C)cc1C)C(C)(C)C)c1ccc(F)cc1.CC.CCCCCCCC. The molecule has 0 saturated carbocycles. The zero-order valence-electron chi connectivity index (χ0n) is 24.7. The molecule has 1 aromatic heterocycles. The smallest absolute Gasteiger partial charge is 0.200 e. The van der Waals surface area contributed by atoms with Crippen LogP contribution in [0.5, 0.6) is 0 Å². The van der Waals surface area contributed by atoms with Crippen LogP contribution in [0.1, 0.15) is 128 Å². The second-order valence-electron chi connectivity index (χ2n) is 10.4. The third kappa shape index (κ3) is 11.5. The Morgan fingerprint density at radius 2 is 1.50 bits per heavy atom. The maximum atomic E-state index is 13.2. The summed E-state index contributed by atoms with van der Waals surface area (Å²) in [5.74, 6) is 0.676. The van der Waals surface area contributed by atoms with Crippen molar-refractivity contribution in [1.82, 2.24) is 0 Å². The zero-order valence-corrected chi connectivity index (χ0v) is 24.7. The van der Waals surface area contributed by atoms with Gasteiger partial charge in [-0.25, -0.2) is 4.39 Å². The van der Waals surface area contributed by atoms with Gasteiger partial charge in [0.15, 0.2) is 5.76 Å². The zero-order chi connectivity index (χ0) is 27.9. The third-order valence-corrected chi connectivity index (χ3v) is 5.73. The molecule has 1 heterocycles. The van der Waals surface area contributed by atoms with Crippen molar-refractivity contribution in [3.8, 4) is 0 Å². The molecule has 0 aliphatic rings. The predicted octanol–water partition coefficient (Wildman–Crippen LogP) is 11.1. The lowest BCUT2D eigenvalue weighted by atomic mass is 9.82. The second-order valence-corrected chi connectivity index (χ2v) is 10.4. The van der Waals surface area contributed by atoms with Gasteiger partial charge in [0.25, 0.3) is 0 Å². The van der Waals surface area contributed by atoms with Gasteiger partial charge in [0.05, 0.1) is 0 Å². The van der Waals surface area contributed by atoms with Crippen molar-refractivity contribution >= 4 is 16.9 Å². The fourth-order valence-corrected chi connectivity index (χ4v) is 3.55. The van der Waals surface area contributed by atoms with Crippen molar-refractivity contribution in [2.45, 2.75) is 108 Å². The molecule has 0 aliphatic heterocycles. The van der Waals surface area contributed by atoms with Gasteiger partial charge in [-0.05, 0) is 53.3 Å². The molecular weight excluding hydrogens is 447 g/mol. The van der Waals surface area contributed by atoms with Crippen LogP contribution in [-0.4, -0.2) is 5.78 Å². The molecule has 0 fully saturated rings. The summed E-state index contributed by atoms with van der Waals surface area (Å²) in [6.45, 7) is 24.6. The van der Waals surface area contributed by atoms with Crippen molar-refractivity contribution in [2.75, 3.05) is 0 Å². The summed E-state index contributed by atoms with van der Waals surface area (Å²) in [5.41, 5.74) is 3.26. The molecule has 0 atom stereocenters. The molecule has 0 spiro atoms. The number of Topliss-reactive ketones (excluding diaryl/α,β-unsaturated/α-hetero) is 1. The lowest BCUT2D eigenvalue weighted by molar-refractivity contribution is 0.0910. The number of carbonyl (C=O) groups excluding carboxylic acids is 1. The van der Waals surface area contributed by atoms with Gasteiger partial charge in [0.1, 0.15) is 11.6 Å². The molecule has 2 rings (SSSR count). The van der Waals surface area contributed by atoms with Gasteiger partial charge in [-0.1, -0.05) is 120 Å². The van der Waals surface area contributed by atoms with Crippen molar-refractivity contribution in [3.63, 3.8) is 0 Å². The minimum atomic E-state index is -0.278. The van der Waals surface area contributed by atoms with Crippen LogP contribution in [0.15, 0.2) is 47.4 Å². The topological polar surface area (TPSA) is 30.2 Å². The normalized spacial score (nSPS) is 11.4. The van der Waals surface area contributed by atoms with E-state index in [1.165, 1.54) is 50.7 Å². The average molecular weight is 499 g/mol. The van der Waals surface area contributed by atoms with E-state index in [1.54, 1.807) is 18.2 Å². The summed E-state index contributed by atoms with van der Waals surface area (Å²) in [7, 11) is 0. The maximum absolute atomic E-state index is 13.2. The Kier molecular flexibility index (Phi) is 16.0. The highest BCUT2D eigenvalue weighted by molar-refractivity contribution is 5.96. The van der Waals surface area contributed by atoms with Gasteiger partial charge >= 0.3 is 0 Å². The number of hydrogen-bond donors (Lipinski definition) is 0. The largest absolute Gasteiger partial charge is 0.453 e. The number of unbranched alkanes of at least 4 members (excludes halogenated alkanes) is 5. The van der Waals surface area contributed by atoms with Crippen molar-refractivity contribution in [3.05, 3.63) is 71.5 Å². The molecule has 0 N–H and O–H groups in total. The van der Waals surface area contributed by atoms with Crippen LogP contribution in [-0.2, 0) is 0 Å². The van der Waals surface area contributed by atoms with E-state index in [2.05, 4.69) is 41.2 Å². The summed E-state index contributed by atoms with van der Waals surface area (Å²) >= 11 is 0. The number of furan rings is 1. The number of rotatable bonds is 10. The van der Waals surface area contributed by atoms with Crippen molar-refractivity contribution in [1.29, 1.82) is 0 Å². The van der Waals surface area contributed by atoms with Crippen LogP contribution < -0.4 is 0 Å². The highest BCUT2D eigenvalue weighted by Gasteiger charge is 2.26. The number of allylic oxidation sites excluding steroid dienone is 3. The first-order valence-electron chi connectivity index (χ1n) is 13.7. The molecule has 0 radical (unpaired) electrons. The quantitative estimate of drug-likeness (QED) is 0.185. The minimum absolute atomic E-state index is 0.00929.